The minimum Gasteiger partial charge on any atom is -0.207 e. The summed E-state index contributed by atoms with van der Waals surface area (Å²) in [5.41, 5.74) is 0.712. The summed E-state index contributed by atoms with van der Waals surface area (Å²) in [4.78, 5) is 0. The van der Waals surface area contributed by atoms with Crippen LogP contribution in [0.2, 0.25) is 0 Å². The summed E-state index contributed by atoms with van der Waals surface area (Å²) in [7, 11) is 0. The molecule has 0 aliphatic carbocycles. The molecular weight excluding hydrogens is 266 g/mol. The highest BCUT2D eigenvalue weighted by Crippen LogP contribution is 2.30. The number of hydrogen-bond acceptors (Lipinski definition) is 0. The average Bonchev–Trinajstić information content (AvgIpc) is 2.46. The van der Waals surface area contributed by atoms with Crippen LogP contribution in [0, 0.1) is 11.6 Å². The molecule has 0 bridgehead atoms. The Morgan fingerprint density at radius 3 is 1.86 bits per heavy atom. The summed E-state index contributed by atoms with van der Waals surface area (Å²) >= 11 is 0. The molecule has 0 saturated heterocycles. The minimum absolute atomic E-state index is 0.249. The van der Waals surface area contributed by atoms with Crippen molar-refractivity contribution in [2.75, 3.05) is 0 Å². The lowest BCUT2D eigenvalue weighted by Crippen LogP contribution is -2.03. The van der Waals surface area contributed by atoms with E-state index in [1.807, 2.05) is 0 Å². The first-order valence-electron chi connectivity index (χ1n) is 8.64. The molecule has 0 fully saturated rings. The Morgan fingerprint density at radius 1 is 0.810 bits per heavy atom. The monoisotopic (exact) mass is 296 g/mol. The van der Waals surface area contributed by atoms with E-state index in [1.165, 1.54) is 44.6 Å². The van der Waals surface area contributed by atoms with E-state index >= 15 is 0 Å². The molecule has 0 aliphatic heterocycles. The highest BCUT2D eigenvalue weighted by molar-refractivity contribution is 5.22. The van der Waals surface area contributed by atoms with Crippen LogP contribution in [0.5, 0.6) is 0 Å². The molecular formula is C19H30F2. The number of benzene rings is 1. The van der Waals surface area contributed by atoms with Gasteiger partial charge in [0.25, 0.3) is 0 Å². The molecule has 21 heavy (non-hydrogen) atoms. The summed E-state index contributed by atoms with van der Waals surface area (Å²) in [6, 6.07) is 4.07. The molecule has 2 heteroatoms. The standard InChI is InChI=1S/C19H30F2/c1-3-5-7-9-11-16(12-10-8-6-4-2)18-14-13-17(20)15-19(18)21/h13-16H,3-12H2,1-2H3. The van der Waals surface area contributed by atoms with Gasteiger partial charge in [-0.05, 0) is 30.4 Å². The molecule has 0 atom stereocenters. The highest BCUT2D eigenvalue weighted by atomic mass is 19.1. The van der Waals surface area contributed by atoms with E-state index in [9.17, 15) is 8.78 Å². The predicted octanol–water partition coefficient (Wildman–Crippen LogP) is 6.99. The molecule has 0 heterocycles. The van der Waals surface area contributed by atoms with Gasteiger partial charge in [-0.2, -0.15) is 0 Å². The summed E-state index contributed by atoms with van der Waals surface area (Å²) in [6.45, 7) is 4.39. The lowest BCUT2D eigenvalue weighted by Gasteiger charge is -2.18. The second kappa shape index (κ2) is 10.8. The van der Waals surface area contributed by atoms with Gasteiger partial charge in [-0.3, -0.25) is 0 Å². The van der Waals surface area contributed by atoms with Crippen molar-refractivity contribution in [2.45, 2.75) is 84.0 Å². The number of hydrogen-bond donors (Lipinski definition) is 0. The third kappa shape index (κ3) is 7.06. The van der Waals surface area contributed by atoms with Crippen molar-refractivity contribution >= 4 is 0 Å². The van der Waals surface area contributed by atoms with E-state index in [-0.39, 0.29) is 11.7 Å². The van der Waals surface area contributed by atoms with E-state index in [2.05, 4.69) is 13.8 Å². The highest BCUT2D eigenvalue weighted by Gasteiger charge is 2.16. The zero-order valence-electron chi connectivity index (χ0n) is 13.6. The van der Waals surface area contributed by atoms with Crippen LogP contribution >= 0.6 is 0 Å². The molecule has 0 aliphatic rings. The van der Waals surface area contributed by atoms with Crippen LogP contribution in [0.1, 0.15) is 89.5 Å². The first-order chi connectivity index (χ1) is 10.2. The van der Waals surface area contributed by atoms with Gasteiger partial charge >= 0.3 is 0 Å². The fourth-order valence-electron chi connectivity index (χ4n) is 2.92. The zero-order valence-corrected chi connectivity index (χ0v) is 13.6. The molecule has 0 nitrogen and oxygen atoms in total. The Labute approximate surface area is 129 Å². The maximum Gasteiger partial charge on any atom is 0.129 e. The Bertz CT molecular complexity index is 375. The van der Waals surface area contributed by atoms with Crippen LogP contribution in [0.3, 0.4) is 0 Å². The fourth-order valence-corrected chi connectivity index (χ4v) is 2.92. The Hall–Kier alpha value is -0.920. The van der Waals surface area contributed by atoms with Gasteiger partial charge in [0.2, 0.25) is 0 Å². The number of unbranched alkanes of at least 4 members (excludes halogenated alkanes) is 6. The van der Waals surface area contributed by atoms with E-state index in [0.29, 0.717) is 5.56 Å². The Balaban J connectivity index is 2.60. The Kier molecular flexibility index (Phi) is 9.29. The van der Waals surface area contributed by atoms with Gasteiger partial charge in [0.1, 0.15) is 11.6 Å². The fraction of sp³-hybridized carbons (Fsp3) is 0.684. The quantitative estimate of drug-likeness (QED) is 0.386. The predicted molar refractivity (Wildman–Crippen MR) is 86.6 cm³/mol. The first-order valence-corrected chi connectivity index (χ1v) is 8.64. The van der Waals surface area contributed by atoms with Gasteiger partial charge < -0.3 is 0 Å². The van der Waals surface area contributed by atoms with Crippen LogP contribution in [-0.4, -0.2) is 0 Å². The minimum atomic E-state index is -0.480. The lowest BCUT2D eigenvalue weighted by atomic mass is 9.88. The molecule has 0 spiro atoms. The van der Waals surface area contributed by atoms with Crippen LogP contribution in [-0.2, 0) is 0 Å². The molecule has 0 saturated carbocycles. The normalized spacial score (nSPS) is 11.3. The molecule has 1 aromatic carbocycles. The smallest absolute Gasteiger partial charge is 0.129 e. The SMILES string of the molecule is CCCCCCC(CCCCCC)c1ccc(F)cc1F. The van der Waals surface area contributed by atoms with Gasteiger partial charge in [0.15, 0.2) is 0 Å². The molecule has 0 N–H and O–H groups in total. The van der Waals surface area contributed by atoms with Crippen molar-refractivity contribution in [1.29, 1.82) is 0 Å². The van der Waals surface area contributed by atoms with E-state index < -0.39 is 5.82 Å². The van der Waals surface area contributed by atoms with Gasteiger partial charge in [-0.15, -0.1) is 0 Å². The van der Waals surface area contributed by atoms with Crippen molar-refractivity contribution in [1.82, 2.24) is 0 Å². The lowest BCUT2D eigenvalue weighted by molar-refractivity contribution is 0.473. The van der Waals surface area contributed by atoms with Crippen molar-refractivity contribution in [3.05, 3.63) is 35.4 Å². The second-order valence-corrected chi connectivity index (χ2v) is 6.06. The first kappa shape index (κ1) is 18.1. The summed E-state index contributed by atoms with van der Waals surface area (Å²) in [6.07, 6.45) is 11.7. The molecule has 1 rings (SSSR count). The second-order valence-electron chi connectivity index (χ2n) is 6.06. The third-order valence-electron chi connectivity index (χ3n) is 4.21. The van der Waals surface area contributed by atoms with E-state index in [4.69, 9.17) is 0 Å². The summed E-state index contributed by atoms with van der Waals surface area (Å²) in [5.74, 6) is -0.600. The zero-order chi connectivity index (χ0) is 15.5. The average molecular weight is 296 g/mol. The maximum atomic E-state index is 14.0. The summed E-state index contributed by atoms with van der Waals surface area (Å²) in [5, 5.41) is 0. The van der Waals surface area contributed by atoms with Crippen molar-refractivity contribution in [3.63, 3.8) is 0 Å². The van der Waals surface area contributed by atoms with Gasteiger partial charge in [0, 0.05) is 6.07 Å². The van der Waals surface area contributed by atoms with Gasteiger partial charge in [-0.1, -0.05) is 71.3 Å². The van der Waals surface area contributed by atoms with Crippen molar-refractivity contribution in [3.8, 4) is 0 Å². The number of halogens is 2. The molecule has 120 valence electrons. The third-order valence-corrected chi connectivity index (χ3v) is 4.21. The van der Waals surface area contributed by atoms with Gasteiger partial charge in [-0.25, -0.2) is 8.78 Å². The largest absolute Gasteiger partial charge is 0.207 e. The van der Waals surface area contributed by atoms with Gasteiger partial charge in [0.05, 0.1) is 0 Å². The van der Waals surface area contributed by atoms with E-state index in [1.54, 1.807) is 6.07 Å². The van der Waals surface area contributed by atoms with Crippen LogP contribution in [0.25, 0.3) is 0 Å². The van der Waals surface area contributed by atoms with Crippen LogP contribution in [0.4, 0.5) is 8.78 Å². The van der Waals surface area contributed by atoms with Crippen LogP contribution in [0.15, 0.2) is 18.2 Å². The molecule has 1 aromatic rings. The topological polar surface area (TPSA) is 0 Å². The summed E-state index contributed by atoms with van der Waals surface area (Å²) < 4.78 is 27.1. The van der Waals surface area contributed by atoms with E-state index in [0.717, 1.165) is 31.7 Å². The Morgan fingerprint density at radius 2 is 1.38 bits per heavy atom. The molecule has 0 unspecified atom stereocenters. The maximum absolute atomic E-state index is 14.0. The van der Waals surface area contributed by atoms with Crippen LogP contribution < -0.4 is 0 Å². The van der Waals surface area contributed by atoms with Crippen molar-refractivity contribution in [2.24, 2.45) is 0 Å². The van der Waals surface area contributed by atoms with Crippen molar-refractivity contribution < 1.29 is 8.78 Å². The molecule has 0 amide bonds. The molecule has 0 aromatic heterocycles. The molecule has 0 radical (unpaired) electrons. The number of rotatable bonds is 11.